The summed E-state index contributed by atoms with van der Waals surface area (Å²) in [6.07, 6.45) is -2.20. The standard InChI is InChI=1S/C35H33F3N2O3.ClH/c36-35(37,38)32-18-16-30(17-19-32)29-12-14-31(15-13-29)34(42)40(25-39-21-4-5-22-39)23-20-33(41)43-24-26-8-10-28(11-9-26)27-6-2-1-3-7-27;/h1-3,6-19H,4-5,20-25H2;1H. The monoisotopic (exact) mass is 622 g/mol. The van der Waals surface area contributed by atoms with Crippen molar-refractivity contribution in [3.63, 3.8) is 0 Å². The Kier molecular flexibility index (Phi) is 11.2. The van der Waals surface area contributed by atoms with Crippen LogP contribution in [0, 0.1) is 0 Å². The van der Waals surface area contributed by atoms with Crippen molar-refractivity contribution >= 4 is 24.3 Å². The number of amides is 1. The molecule has 1 saturated heterocycles. The molecule has 0 aromatic heterocycles. The van der Waals surface area contributed by atoms with Crippen LogP contribution in [0.2, 0.25) is 0 Å². The normalized spacial score (nSPS) is 13.2. The van der Waals surface area contributed by atoms with Gasteiger partial charge in [-0.05, 0) is 78.0 Å². The number of halogens is 4. The highest BCUT2D eigenvalue weighted by atomic mass is 35.5. The molecular formula is C35H34ClF3N2O3. The maximum Gasteiger partial charge on any atom is 0.416 e. The van der Waals surface area contributed by atoms with Gasteiger partial charge in [0.2, 0.25) is 0 Å². The minimum Gasteiger partial charge on any atom is -0.461 e. The average molecular weight is 623 g/mol. The third kappa shape index (κ3) is 8.71. The largest absolute Gasteiger partial charge is 0.461 e. The van der Waals surface area contributed by atoms with Crippen LogP contribution in [0.5, 0.6) is 0 Å². The molecule has 0 aliphatic carbocycles. The van der Waals surface area contributed by atoms with E-state index in [1.54, 1.807) is 29.2 Å². The number of benzene rings is 4. The Bertz CT molecular complexity index is 1500. The van der Waals surface area contributed by atoms with Gasteiger partial charge in [0.1, 0.15) is 6.61 Å². The smallest absolute Gasteiger partial charge is 0.416 e. The van der Waals surface area contributed by atoms with Crippen molar-refractivity contribution in [3.8, 4) is 22.3 Å². The third-order valence-electron chi connectivity index (χ3n) is 7.58. The van der Waals surface area contributed by atoms with Crippen LogP contribution < -0.4 is 0 Å². The Morgan fingerprint density at radius 1 is 0.727 bits per heavy atom. The molecule has 5 nitrogen and oxygen atoms in total. The number of ether oxygens (including phenoxy) is 1. The third-order valence-corrected chi connectivity index (χ3v) is 7.58. The summed E-state index contributed by atoms with van der Waals surface area (Å²) >= 11 is 0. The van der Waals surface area contributed by atoms with Crippen molar-refractivity contribution < 1.29 is 27.5 Å². The van der Waals surface area contributed by atoms with Crippen LogP contribution >= 0.6 is 12.4 Å². The molecule has 0 unspecified atom stereocenters. The Labute approximate surface area is 261 Å². The Morgan fingerprint density at radius 2 is 1.25 bits per heavy atom. The maximum atomic E-state index is 13.5. The van der Waals surface area contributed by atoms with Gasteiger partial charge in [-0.3, -0.25) is 14.5 Å². The van der Waals surface area contributed by atoms with Crippen LogP contribution in [0.3, 0.4) is 0 Å². The van der Waals surface area contributed by atoms with E-state index in [9.17, 15) is 22.8 Å². The summed E-state index contributed by atoms with van der Waals surface area (Å²) in [5.41, 5.74) is 4.14. The summed E-state index contributed by atoms with van der Waals surface area (Å²) in [6.45, 7) is 2.55. The van der Waals surface area contributed by atoms with Crippen LogP contribution in [0.15, 0.2) is 103 Å². The zero-order valence-electron chi connectivity index (χ0n) is 24.1. The molecule has 0 radical (unpaired) electrons. The number of esters is 1. The predicted molar refractivity (Wildman–Crippen MR) is 167 cm³/mol. The van der Waals surface area contributed by atoms with E-state index >= 15 is 0 Å². The highest BCUT2D eigenvalue weighted by Crippen LogP contribution is 2.31. The fourth-order valence-corrected chi connectivity index (χ4v) is 5.13. The lowest BCUT2D eigenvalue weighted by molar-refractivity contribution is -0.145. The van der Waals surface area contributed by atoms with E-state index < -0.39 is 11.7 Å². The van der Waals surface area contributed by atoms with Gasteiger partial charge in [-0.1, -0.05) is 78.9 Å². The summed E-state index contributed by atoms with van der Waals surface area (Å²) in [7, 11) is 0. The van der Waals surface area contributed by atoms with Gasteiger partial charge in [0.15, 0.2) is 0 Å². The number of hydrogen-bond acceptors (Lipinski definition) is 4. The van der Waals surface area contributed by atoms with Crippen molar-refractivity contribution in [2.24, 2.45) is 0 Å². The molecule has 1 aliphatic heterocycles. The predicted octanol–water partition coefficient (Wildman–Crippen LogP) is 8.09. The van der Waals surface area contributed by atoms with E-state index in [-0.39, 0.29) is 43.9 Å². The minimum absolute atomic E-state index is 0. The topological polar surface area (TPSA) is 49.9 Å². The van der Waals surface area contributed by atoms with E-state index in [1.807, 2.05) is 54.6 Å². The van der Waals surface area contributed by atoms with E-state index in [4.69, 9.17) is 4.74 Å². The molecule has 1 fully saturated rings. The molecule has 1 amide bonds. The van der Waals surface area contributed by atoms with Gasteiger partial charge in [0.25, 0.3) is 5.91 Å². The van der Waals surface area contributed by atoms with Gasteiger partial charge in [0, 0.05) is 12.1 Å². The van der Waals surface area contributed by atoms with Crippen LogP contribution in [0.25, 0.3) is 22.3 Å². The van der Waals surface area contributed by atoms with Crippen LogP contribution in [0.4, 0.5) is 13.2 Å². The molecule has 4 aromatic rings. The van der Waals surface area contributed by atoms with Crippen LogP contribution in [-0.2, 0) is 22.3 Å². The molecule has 44 heavy (non-hydrogen) atoms. The number of nitrogens with zero attached hydrogens (tertiary/aromatic N) is 2. The van der Waals surface area contributed by atoms with Gasteiger partial charge in [-0.2, -0.15) is 13.2 Å². The number of carbonyl (C=O) groups is 2. The maximum absolute atomic E-state index is 13.5. The molecule has 0 N–H and O–H groups in total. The molecule has 0 atom stereocenters. The highest BCUT2D eigenvalue weighted by molar-refractivity contribution is 5.95. The quantitative estimate of drug-likeness (QED) is 0.168. The average Bonchev–Trinajstić information content (AvgIpc) is 3.55. The molecule has 0 bridgehead atoms. The minimum atomic E-state index is -4.39. The summed E-state index contributed by atoms with van der Waals surface area (Å²) in [6, 6.07) is 29.6. The molecule has 0 saturated carbocycles. The van der Waals surface area contributed by atoms with Crippen LogP contribution in [-0.4, -0.2) is 48.0 Å². The molecule has 1 aliphatic rings. The second kappa shape index (κ2) is 15.0. The van der Waals surface area contributed by atoms with Gasteiger partial charge in [0.05, 0.1) is 18.7 Å². The fraction of sp³-hybridized carbons (Fsp3) is 0.257. The first-order valence-corrected chi connectivity index (χ1v) is 14.4. The number of likely N-dealkylation sites (tertiary alicyclic amines) is 1. The van der Waals surface area contributed by atoms with Gasteiger partial charge < -0.3 is 9.64 Å². The lowest BCUT2D eigenvalue weighted by atomic mass is 10.0. The number of alkyl halides is 3. The van der Waals surface area contributed by atoms with Crippen molar-refractivity contribution in [1.82, 2.24) is 9.80 Å². The molecule has 5 rings (SSSR count). The van der Waals surface area contributed by atoms with Crippen molar-refractivity contribution in [2.75, 3.05) is 26.3 Å². The second-order valence-corrected chi connectivity index (χ2v) is 10.7. The first-order chi connectivity index (χ1) is 20.8. The summed E-state index contributed by atoms with van der Waals surface area (Å²) in [4.78, 5) is 30.0. The van der Waals surface area contributed by atoms with Gasteiger partial charge in [-0.25, -0.2) is 0 Å². The highest BCUT2D eigenvalue weighted by Gasteiger charge is 2.30. The van der Waals surface area contributed by atoms with Crippen molar-refractivity contribution in [1.29, 1.82) is 0 Å². The molecule has 1 heterocycles. The number of carbonyl (C=O) groups excluding carboxylic acids is 2. The van der Waals surface area contributed by atoms with Crippen molar-refractivity contribution in [3.05, 3.63) is 120 Å². The van der Waals surface area contributed by atoms with E-state index in [2.05, 4.69) is 4.90 Å². The zero-order valence-corrected chi connectivity index (χ0v) is 24.9. The number of hydrogen-bond donors (Lipinski definition) is 0. The lowest BCUT2D eigenvalue weighted by Crippen LogP contribution is -2.41. The Balaban J connectivity index is 0.00000442. The van der Waals surface area contributed by atoms with E-state index in [1.165, 1.54) is 12.1 Å². The molecule has 9 heteroatoms. The first-order valence-electron chi connectivity index (χ1n) is 14.4. The van der Waals surface area contributed by atoms with E-state index in [0.717, 1.165) is 54.8 Å². The molecular weight excluding hydrogens is 589 g/mol. The summed E-state index contributed by atoms with van der Waals surface area (Å²) in [5, 5.41) is 0. The summed E-state index contributed by atoms with van der Waals surface area (Å²) < 4.78 is 44.2. The fourth-order valence-electron chi connectivity index (χ4n) is 5.13. The zero-order chi connectivity index (χ0) is 30.2. The molecule has 0 spiro atoms. The van der Waals surface area contributed by atoms with Gasteiger partial charge in [-0.15, -0.1) is 12.4 Å². The Morgan fingerprint density at radius 3 is 1.82 bits per heavy atom. The summed E-state index contributed by atoms with van der Waals surface area (Å²) in [5.74, 6) is -0.598. The first kappa shape index (κ1) is 32.8. The SMILES string of the molecule is Cl.O=C(CCN(CN1CCCC1)C(=O)c1ccc(-c2ccc(C(F)(F)F)cc2)cc1)OCc1ccc(-c2ccccc2)cc1. The second-order valence-electron chi connectivity index (χ2n) is 10.7. The van der Waals surface area contributed by atoms with Crippen LogP contribution in [0.1, 0.15) is 40.7 Å². The molecule has 230 valence electrons. The lowest BCUT2D eigenvalue weighted by Gasteiger charge is -2.27. The molecule has 4 aromatic carbocycles. The van der Waals surface area contributed by atoms with E-state index in [0.29, 0.717) is 23.4 Å². The van der Waals surface area contributed by atoms with Gasteiger partial charge >= 0.3 is 12.1 Å². The number of rotatable bonds is 10. The van der Waals surface area contributed by atoms with Crippen molar-refractivity contribution in [2.45, 2.75) is 32.0 Å². The Hall–Kier alpha value is -4.14.